The molecule has 1 aliphatic rings. The van der Waals surface area contributed by atoms with Gasteiger partial charge < -0.3 is 35.8 Å². The Hall–Kier alpha value is -0.640. The Labute approximate surface area is 109 Å². The molecule has 1 aliphatic heterocycles. The van der Waals surface area contributed by atoms with Crippen molar-refractivity contribution in [3.05, 3.63) is 0 Å². The molecule has 1 rings (SSSR count). The largest absolute Gasteiger partial charge is 0.394 e. The standard InChI is InChI=1S/C9H17ClN2O6/c10-1-2-11-9(17)12-5-7(15)6(14)4(3-13)18-8(5)16/h4-8,13-16H,1-3H2,(H2,11,12,17)/t4-,5+,6-,7-,8+/m1/s1. The fraction of sp³-hybridized carbons (Fsp3) is 0.889. The van der Waals surface area contributed by atoms with E-state index in [9.17, 15) is 20.1 Å². The molecule has 0 bridgehead atoms. The first kappa shape index (κ1) is 15.4. The molecule has 8 nitrogen and oxygen atoms in total. The first-order chi connectivity index (χ1) is 8.51. The van der Waals surface area contributed by atoms with Crippen LogP contribution in [0.4, 0.5) is 4.79 Å². The minimum absolute atomic E-state index is 0.217. The highest BCUT2D eigenvalue weighted by molar-refractivity contribution is 6.18. The maximum atomic E-state index is 11.3. The molecule has 0 saturated carbocycles. The smallest absolute Gasteiger partial charge is 0.315 e. The van der Waals surface area contributed by atoms with Crippen LogP contribution in [0.2, 0.25) is 0 Å². The number of aliphatic hydroxyl groups excluding tert-OH is 4. The van der Waals surface area contributed by atoms with Crippen molar-refractivity contribution in [3.8, 4) is 0 Å². The molecule has 2 amide bonds. The van der Waals surface area contributed by atoms with E-state index in [0.717, 1.165) is 0 Å². The third-order valence-electron chi connectivity index (χ3n) is 2.58. The van der Waals surface area contributed by atoms with Gasteiger partial charge in [0.15, 0.2) is 6.29 Å². The monoisotopic (exact) mass is 284 g/mol. The van der Waals surface area contributed by atoms with Crippen molar-refractivity contribution in [1.82, 2.24) is 10.6 Å². The van der Waals surface area contributed by atoms with Gasteiger partial charge in [-0.25, -0.2) is 4.79 Å². The van der Waals surface area contributed by atoms with Crippen molar-refractivity contribution in [1.29, 1.82) is 0 Å². The third-order valence-corrected chi connectivity index (χ3v) is 2.77. The number of alkyl halides is 1. The Morgan fingerprint density at radius 2 is 1.94 bits per heavy atom. The van der Waals surface area contributed by atoms with Gasteiger partial charge in [0, 0.05) is 12.4 Å². The fourth-order valence-corrected chi connectivity index (χ4v) is 1.71. The summed E-state index contributed by atoms with van der Waals surface area (Å²) in [5.41, 5.74) is 0. The van der Waals surface area contributed by atoms with Gasteiger partial charge in [0.2, 0.25) is 0 Å². The molecule has 0 spiro atoms. The fourth-order valence-electron chi connectivity index (χ4n) is 1.62. The molecule has 1 heterocycles. The van der Waals surface area contributed by atoms with Gasteiger partial charge in [-0.15, -0.1) is 11.6 Å². The highest BCUT2D eigenvalue weighted by Gasteiger charge is 2.44. The average molecular weight is 285 g/mol. The van der Waals surface area contributed by atoms with Gasteiger partial charge in [0.05, 0.1) is 6.61 Å². The van der Waals surface area contributed by atoms with Crippen LogP contribution in [-0.2, 0) is 4.74 Å². The highest BCUT2D eigenvalue weighted by Crippen LogP contribution is 2.19. The Morgan fingerprint density at radius 1 is 1.28 bits per heavy atom. The zero-order valence-electron chi connectivity index (χ0n) is 9.49. The number of nitrogens with one attached hydrogen (secondary N) is 2. The maximum Gasteiger partial charge on any atom is 0.315 e. The van der Waals surface area contributed by atoms with Gasteiger partial charge in [-0.3, -0.25) is 0 Å². The molecule has 1 fully saturated rings. The number of halogens is 1. The van der Waals surface area contributed by atoms with E-state index >= 15 is 0 Å². The summed E-state index contributed by atoms with van der Waals surface area (Å²) in [6.45, 7) is -0.338. The van der Waals surface area contributed by atoms with E-state index in [-0.39, 0.29) is 12.4 Å². The van der Waals surface area contributed by atoms with Gasteiger partial charge in [-0.1, -0.05) is 0 Å². The van der Waals surface area contributed by atoms with Crippen molar-refractivity contribution in [2.75, 3.05) is 19.0 Å². The number of urea groups is 1. The molecule has 0 radical (unpaired) electrons. The molecule has 0 aromatic carbocycles. The molecule has 6 N–H and O–H groups in total. The van der Waals surface area contributed by atoms with Gasteiger partial charge in [-0.05, 0) is 0 Å². The van der Waals surface area contributed by atoms with Crippen molar-refractivity contribution < 1.29 is 30.0 Å². The number of ether oxygens (including phenoxy) is 1. The lowest BCUT2D eigenvalue weighted by atomic mass is 9.97. The zero-order valence-corrected chi connectivity index (χ0v) is 10.2. The zero-order chi connectivity index (χ0) is 13.7. The maximum absolute atomic E-state index is 11.3. The van der Waals surface area contributed by atoms with E-state index in [1.54, 1.807) is 0 Å². The lowest BCUT2D eigenvalue weighted by Gasteiger charge is -2.40. The second-order valence-electron chi connectivity index (χ2n) is 3.84. The molecule has 1 saturated heterocycles. The Kier molecular flexibility index (Phi) is 6.06. The normalized spacial score (nSPS) is 36.2. The summed E-state index contributed by atoms with van der Waals surface area (Å²) in [5, 5.41) is 42.3. The molecule has 0 aliphatic carbocycles. The second kappa shape index (κ2) is 7.07. The second-order valence-corrected chi connectivity index (χ2v) is 4.22. The first-order valence-electron chi connectivity index (χ1n) is 5.42. The van der Waals surface area contributed by atoms with Crippen LogP contribution in [0.3, 0.4) is 0 Å². The predicted molar refractivity (Wildman–Crippen MR) is 61.0 cm³/mol. The van der Waals surface area contributed by atoms with Crippen LogP contribution in [0, 0.1) is 0 Å². The summed E-state index contributed by atoms with van der Waals surface area (Å²) in [5.74, 6) is 0.217. The van der Waals surface area contributed by atoms with Crippen molar-refractivity contribution >= 4 is 17.6 Å². The first-order valence-corrected chi connectivity index (χ1v) is 5.95. The van der Waals surface area contributed by atoms with Crippen molar-refractivity contribution in [2.45, 2.75) is 30.6 Å². The number of carbonyl (C=O) groups is 1. The molecule has 106 valence electrons. The summed E-state index contributed by atoms with van der Waals surface area (Å²) >= 11 is 5.37. The topological polar surface area (TPSA) is 131 Å². The summed E-state index contributed by atoms with van der Waals surface area (Å²) in [4.78, 5) is 11.3. The van der Waals surface area contributed by atoms with E-state index < -0.39 is 43.3 Å². The lowest BCUT2D eigenvalue weighted by Crippen LogP contribution is -2.65. The Morgan fingerprint density at radius 3 is 2.50 bits per heavy atom. The molecule has 0 unspecified atom stereocenters. The van der Waals surface area contributed by atoms with Crippen molar-refractivity contribution in [2.24, 2.45) is 0 Å². The van der Waals surface area contributed by atoms with Crippen LogP contribution in [0.15, 0.2) is 0 Å². The minimum Gasteiger partial charge on any atom is -0.394 e. The van der Waals surface area contributed by atoms with Crippen LogP contribution in [0.5, 0.6) is 0 Å². The number of amides is 2. The number of hydrogen-bond donors (Lipinski definition) is 6. The molecule has 5 atom stereocenters. The van der Waals surface area contributed by atoms with Gasteiger partial charge in [0.1, 0.15) is 24.4 Å². The highest BCUT2D eigenvalue weighted by atomic mass is 35.5. The van der Waals surface area contributed by atoms with Gasteiger partial charge in [0.25, 0.3) is 0 Å². The molecule has 0 aromatic heterocycles. The predicted octanol–water partition coefficient (Wildman–Crippen LogP) is -2.68. The lowest BCUT2D eigenvalue weighted by molar-refractivity contribution is -0.252. The number of rotatable bonds is 4. The minimum atomic E-state index is -1.53. The SMILES string of the molecule is O=C(NCCCl)N[C@H]1[C@@H](O)[C@H](O)[C@@H](CO)O[C@@H]1O. The van der Waals surface area contributed by atoms with Crippen LogP contribution in [0.1, 0.15) is 0 Å². The van der Waals surface area contributed by atoms with E-state index in [1.165, 1.54) is 0 Å². The average Bonchev–Trinajstić information content (AvgIpc) is 2.36. The summed E-state index contributed by atoms with van der Waals surface area (Å²) in [6, 6.07) is -1.85. The van der Waals surface area contributed by atoms with Crippen LogP contribution in [0.25, 0.3) is 0 Å². The third kappa shape index (κ3) is 3.67. The van der Waals surface area contributed by atoms with E-state index in [4.69, 9.17) is 21.4 Å². The molecular formula is C9H17ClN2O6. The van der Waals surface area contributed by atoms with E-state index in [1.807, 2.05) is 0 Å². The Bertz CT molecular complexity index is 282. The van der Waals surface area contributed by atoms with Gasteiger partial charge >= 0.3 is 6.03 Å². The molecule has 9 heteroatoms. The number of aliphatic hydroxyl groups is 4. The van der Waals surface area contributed by atoms with E-state index in [0.29, 0.717) is 0 Å². The Balaban J connectivity index is 2.57. The summed E-state index contributed by atoms with van der Waals surface area (Å²) in [7, 11) is 0. The van der Waals surface area contributed by atoms with Crippen molar-refractivity contribution in [3.63, 3.8) is 0 Å². The molecule has 0 aromatic rings. The van der Waals surface area contributed by atoms with Crippen LogP contribution in [-0.4, -0.2) is 76.1 Å². The molecular weight excluding hydrogens is 268 g/mol. The van der Waals surface area contributed by atoms with Crippen LogP contribution >= 0.6 is 11.6 Å². The summed E-state index contributed by atoms with van der Waals surface area (Å²) in [6.07, 6.45) is -5.48. The van der Waals surface area contributed by atoms with Crippen LogP contribution < -0.4 is 10.6 Å². The number of carbonyl (C=O) groups excluding carboxylic acids is 1. The molecule has 18 heavy (non-hydrogen) atoms. The number of hydrogen-bond acceptors (Lipinski definition) is 6. The van der Waals surface area contributed by atoms with Gasteiger partial charge in [-0.2, -0.15) is 0 Å². The summed E-state index contributed by atoms with van der Waals surface area (Å²) < 4.78 is 4.86. The van der Waals surface area contributed by atoms with E-state index in [2.05, 4.69) is 10.6 Å². The quantitative estimate of drug-likeness (QED) is 0.312.